The van der Waals surface area contributed by atoms with Crippen LogP contribution in [0.5, 0.6) is 0 Å². The number of pyridine rings is 1. The standard InChI is InChI=1S/C22H18F3N5O2S/c1-11-3-5-13(6-4-11)14-9-15(22(23,24)25)28-21-17(14)18(19(33-21)20(26)32)29-16(31)10-30-12(2)7-8-27-30/h3-9H,10H2,1-2H3,(H2,26,32)(H,29,31). The summed E-state index contributed by atoms with van der Waals surface area (Å²) in [6.45, 7) is 3.47. The quantitative estimate of drug-likeness (QED) is 0.444. The summed E-state index contributed by atoms with van der Waals surface area (Å²) in [7, 11) is 0. The highest BCUT2D eigenvalue weighted by molar-refractivity contribution is 7.21. The molecular formula is C22H18F3N5O2S. The normalized spacial score (nSPS) is 11.7. The van der Waals surface area contributed by atoms with Crippen LogP contribution in [0.4, 0.5) is 18.9 Å². The van der Waals surface area contributed by atoms with Crippen LogP contribution in [0, 0.1) is 13.8 Å². The van der Waals surface area contributed by atoms with Gasteiger partial charge >= 0.3 is 6.18 Å². The number of fused-ring (bicyclic) bond motifs is 1. The molecule has 4 aromatic rings. The molecule has 0 aliphatic heterocycles. The van der Waals surface area contributed by atoms with E-state index in [-0.39, 0.29) is 32.9 Å². The minimum absolute atomic E-state index is 0.0362. The van der Waals surface area contributed by atoms with Crippen LogP contribution >= 0.6 is 11.3 Å². The van der Waals surface area contributed by atoms with E-state index >= 15 is 0 Å². The number of thiophene rings is 1. The van der Waals surface area contributed by atoms with Crippen LogP contribution in [0.2, 0.25) is 0 Å². The number of aromatic nitrogens is 3. The number of primary amides is 1. The summed E-state index contributed by atoms with van der Waals surface area (Å²) in [5, 5.41) is 6.91. The molecule has 0 aliphatic carbocycles. The smallest absolute Gasteiger partial charge is 0.365 e. The van der Waals surface area contributed by atoms with E-state index < -0.39 is 23.7 Å². The van der Waals surface area contributed by atoms with Crippen molar-refractivity contribution in [3.63, 3.8) is 0 Å². The average molecular weight is 473 g/mol. The Morgan fingerprint density at radius 2 is 1.85 bits per heavy atom. The molecule has 0 spiro atoms. The second-order valence-electron chi connectivity index (χ2n) is 7.45. The van der Waals surface area contributed by atoms with E-state index in [9.17, 15) is 22.8 Å². The fraction of sp³-hybridized carbons (Fsp3) is 0.182. The monoisotopic (exact) mass is 473 g/mol. The Bertz CT molecular complexity index is 1370. The van der Waals surface area contributed by atoms with E-state index in [0.717, 1.165) is 17.3 Å². The number of hydrogen-bond donors (Lipinski definition) is 2. The number of carbonyl (C=O) groups excluding carboxylic acids is 2. The molecule has 3 N–H and O–H groups in total. The first-order valence-corrected chi connectivity index (χ1v) is 10.6. The van der Waals surface area contributed by atoms with E-state index in [1.165, 1.54) is 10.9 Å². The first-order chi connectivity index (χ1) is 15.5. The fourth-order valence-corrected chi connectivity index (χ4v) is 4.38. The molecule has 0 atom stereocenters. The number of nitrogens with one attached hydrogen (secondary N) is 1. The first kappa shape index (κ1) is 22.5. The lowest BCUT2D eigenvalue weighted by Gasteiger charge is -2.13. The summed E-state index contributed by atoms with van der Waals surface area (Å²) < 4.78 is 42.2. The molecule has 0 fully saturated rings. The second kappa shape index (κ2) is 8.32. The number of halogens is 3. The summed E-state index contributed by atoms with van der Waals surface area (Å²) in [5.74, 6) is -1.40. The van der Waals surface area contributed by atoms with Gasteiger partial charge in [0, 0.05) is 17.3 Å². The van der Waals surface area contributed by atoms with Gasteiger partial charge in [-0.1, -0.05) is 29.8 Å². The van der Waals surface area contributed by atoms with Gasteiger partial charge in [0.1, 0.15) is 21.9 Å². The Labute approximate surface area is 190 Å². The van der Waals surface area contributed by atoms with Gasteiger partial charge in [-0.2, -0.15) is 18.3 Å². The summed E-state index contributed by atoms with van der Waals surface area (Å²) >= 11 is 0.705. The fourth-order valence-electron chi connectivity index (χ4n) is 3.38. The maximum atomic E-state index is 13.6. The third-order valence-corrected chi connectivity index (χ3v) is 6.12. The van der Waals surface area contributed by atoms with Crippen molar-refractivity contribution in [2.24, 2.45) is 5.73 Å². The summed E-state index contributed by atoms with van der Waals surface area (Å²) in [4.78, 5) is 28.5. The lowest BCUT2D eigenvalue weighted by molar-refractivity contribution is -0.140. The Balaban J connectivity index is 1.91. The molecule has 0 saturated heterocycles. The topological polar surface area (TPSA) is 103 Å². The zero-order chi connectivity index (χ0) is 23.9. The Hall–Kier alpha value is -3.73. The molecule has 170 valence electrons. The number of benzene rings is 1. The summed E-state index contributed by atoms with van der Waals surface area (Å²) in [6.07, 6.45) is -3.17. The highest BCUT2D eigenvalue weighted by atomic mass is 32.1. The number of rotatable bonds is 5. The molecule has 3 heterocycles. The molecule has 0 radical (unpaired) electrons. The third-order valence-electron chi connectivity index (χ3n) is 5.03. The number of amides is 2. The van der Waals surface area contributed by atoms with E-state index in [1.807, 2.05) is 6.92 Å². The van der Waals surface area contributed by atoms with Crippen molar-refractivity contribution in [2.45, 2.75) is 26.6 Å². The van der Waals surface area contributed by atoms with Crippen molar-refractivity contribution in [1.29, 1.82) is 0 Å². The van der Waals surface area contributed by atoms with Crippen molar-refractivity contribution >= 4 is 39.1 Å². The van der Waals surface area contributed by atoms with E-state index in [0.29, 0.717) is 16.9 Å². The lowest BCUT2D eigenvalue weighted by atomic mass is 10.00. The van der Waals surface area contributed by atoms with Crippen LogP contribution < -0.4 is 11.1 Å². The van der Waals surface area contributed by atoms with E-state index in [2.05, 4.69) is 15.4 Å². The van der Waals surface area contributed by atoms with Crippen molar-refractivity contribution in [1.82, 2.24) is 14.8 Å². The van der Waals surface area contributed by atoms with E-state index in [1.54, 1.807) is 37.3 Å². The summed E-state index contributed by atoms with van der Waals surface area (Å²) in [6, 6.07) is 9.50. The molecule has 0 aliphatic rings. The SMILES string of the molecule is Cc1ccc(-c2cc(C(F)(F)F)nc3sc(C(N)=O)c(NC(=O)Cn4nccc4C)c23)cc1. The minimum Gasteiger partial charge on any atom is -0.365 e. The highest BCUT2D eigenvalue weighted by Crippen LogP contribution is 2.43. The van der Waals surface area contributed by atoms with Gasteiger partial charge in [0.2, 0.25) is 5.91 Å². The number of nitrogens with two attached hydrogens (primary N) is 1. The van der Waals surface area contributed by atoms with Crippen LogP contribution in [0.15, 0.2) is 42.6 Å². The van der Waals surface area contributed by atoms with Crippen LogP contribution in [0.1, 0.15) is 26.6 Å². The van der Waals surface area contributed by atoms with Gasteiger partial charge in [0.15, 0.2) is 0 Å². The number of aryl methyl sites for hydroxylation is 2. The number of alkyl halides is 3. The molecule has 11 heteroatoms. The van der Waals surface area contributed by atoms with Gasteiger partial charge < -0.3 is 11.1 Å². The zero-order valence-corrected chi connectivity index (χ0v) is 18.3. The number of carbonyl (C=O) groups is 2. The molecule has 0 saturated carbocycles. The minimum atomic E-state index is -4.70. The second-order valence-corrected chi connectivity index (χ2v) is 8.45. The van der Waals surface area contributed by atoms with Gasteiger partial charge in [-0.05, 0) is 37.1 Å². The van der Waals surface area contributed by atoms with Crippen molar-refractivity contribution in [3.05, 3.63) is 64.4 Å². The maximum absolute atomic E-state index is 13.6. The van der Waals surface area contributed by atoms with Gasteiger partial charge in [0.25, 0.3) is 5.91 Å². The number of nitrogens with zero attached hydrogens (tertiary/aromatic N) is 3. The highest BCUT2D eigenvalue weighted by Gasteiger charge is 2.35. The van der Waals surface area contributed by atoms with Crippen molar-refractivity contribution in [3.8, 4) is 11.1 Å². The molecule has 3 aromatic heterocycles. The van der Waals surface area contributed by atoms with Crippen molar-refractivity contribution < 1.29 is 22.8 Å². The van der Waals surface area contributed by atoms with Crippen LogP contribution in [0.3, 0.4) is 0 Å². The van der Waals surface area contributed by atoms with Gasteiger partial charge in [-0.3, -0.25) is 14.3 Å². The molecule has 7 nitrogen and oxygen atoms in total. The molecule has 2 amide bonds. The van der Waals surface area contributed by atoms with Crippen LogP contribution in [-0.4, -0.2) is 26.6 Å². The average Bonchev–Trinajstić information content (AvgIpc) is 3.31. The predicted molar refractivity (Wildman–Crippen MR) is 119 cm³/mol. The van der Waals surface area contributed by atoms with Crippen LogP contribution in [-0.2, 0) is 17.5 Å². The molecular weight excluding hydrogens is 455 g/mol. The number of hydrogen-bond acceptors (Lipinski definition) is 5. The van der Waals surface area contributed by atoms with Crippen LogP contribution in [0.25, 0.3) is 21.3 Å². The maximum Gasteiger partial charge on any atom is 0.433 e. The molecule has 33 heavy (non-hydrogen) atoms. The first-order valence-electron chi connectivity index (χ1n) is 9.74. The molecule has 0 unspecified atom stereocenters. The molecule has 1 aromatic carbocycles. The van der Waals surface area contributed by atoms with Gasteiger partial charge in [-0.15, -0.1) is 11.3 Å². The Morgan fingerprint density at radius 3 is 2.42 bits per heavy atom. The Morgan fingerprint density at radius 1 is 1.15 bits per heavy atom. The van der Waals surface area contributed by atoms with Crippen molar-refractivity contribution in [2.75, 3.05) is 5.32 Å². The summed E-state index contributed by atoms with van der Waals surface area (Å²) in [5.41, 5.74) is 6.76. The van der Waals surface area contributed by atoms with Gasteiger partial charge in [-0.25, -0.2) is 4.98 Å². The Kier molecular flexibility index (Phi) is 5.66. The lowest BCUT2D eigenvalue weighted by Crippen LogP contribution is -2.22. The zero-order valence-electron chi connectivity index (χ0n) is 17.5. The largest absolute Gasteiger partial charge is 0.433 e. The third kappa shape index (κ3) is 4.44. The van der Waals surface area contributed by atoms with E-state index in [4.69, 9.17) is 5.73 Å². The number of anilines is 1. The molecule has 0 bridgehead atoms. The molecule has 4 rings (SSSR count). The predicted octanol–water partition coefficient (Wildman–Crippen LogP) is 4.53. The van der Waals surface area contributed by atoms with Gasteiger partial charge in [0.05, 0.1) is 5.69 Å².